The van der Waals surface area contributed by atoms with E-state index in [4.69, 9.17) is 4.74 Å². The predicted molar refractivity (Wildman–Crippen MR) is 87.6 cm³/mol. The molecule has 2 nitrogen and oxygen atoms in total. The van der Waals surface area contributed by atoms with E-state index in [2.05, 4.69) is 6.58 Å². The van der Waals surface area contributed by atoms with Gasteiger partial charge in [0.25, 0.3) is 0 Å². The summed E-state index contributed by atoms with van der Waals surface area (Å²) >= 11 is 0. The van der Waals surface area contributed by atoms with Crippen LogP contribution in [0.25, 0.3) is 0 Å². The molecular formula is C20H20O2. The van der Waals surface area contributed by atoms with Gasteiger partial charge in [-0.2, -0.15) is 0 Å². The van der Waals surface area contributed by atoms with Crippen LogP contribution in [0.15, 0.2) is 73.3 Å². The first-order valence-corrected chi connectivity index (χ1v) is 7.70. The summed E-state index contributed by atoms with van der Waals surface area (Å²) in [5.41, 5.74) is 1.33. The summed E-state index contributed by atoms with van der Waals surface area (Å²) in [5, 5.41) is 0. The second-order valence-electron chi connectivity index (χ2n) is 5.73. The van der Waals surface area contributed by atoms with Crippen LogP contribution in [0.4, 0.5) is 0 Å². The summed E-state index contributed by atoms with van der Waals surface area (Å²) in [5.74, 6) is -0.140. The first-order valence-electron chi connectivity index (χ1n) is 7.70. The van der Waals surface area contributed by atoms with Crippen molar-refractivity contribution in [1.82, 2.24) is 0 Å². The Kier molecular flexibility index (Phi) is 4.10. The molecule has 0 aliphatic carbocycles. The molecule has 1 aliphatic heterocycles. The van der Waals surface area contributed by atoms with Crippen molar-refractivity contribution in [2.45, 2.75) is 30.8 Å². The Morgan fingerprint density at radius 2 is 1.59 bits per heavy atom. The molecule has 1 unspecified atom stereocenters. The quantitative estimate of drug-likeness (QED) is 0.608. The maximum absolute atomic E-state index is 12.8. The van der Waals surface area contributed by atoms with Gasteiger partial charge in [-0.3, -0.25) is 4.79 Å². The molecule has 112 valence electrons. The number of esters is 1. The highest BCUT2D eigenvalue weighted by molar-refractivity contribution is 5.89. The van der Waals surface area contributed by atoms with E-state index < -0.39 is 5.41 Å². The summed E-state index contributed by atoms with van der Waals surface area (Å²) in [6.45, 7) is 3.75. The van der Waals surface area contributed by atoms with E-state index in [0.717, 1.165) is 24.0 Å². The smallest absolute Gasteiger partial charge is 0.321 e. The fourth-order valence-electron chi connectivity index (χ4n) is 3.27. The lowest BCUT2D eigenvalue weighted by Crippen LogP contribution is -2.33. The molecule has 1 heterocycles. The summed E-state index contributed by atoms with van der Waals surface area (Å²) in [6, 6.07) is 19.9. The highest BCUT2D eigenvalue weighted by Gasteiger charge is 2.51. The van der Waals surface area contributed by atoms with E-state index in [1.54, 1.807) is 0 Å². The van der Waals surface area contributed by atoms with Crippen LogP contribution in [0, 0.1) is 0 Å². The molecule has 22 heavy (non-hydrogen) atoms. The van der Waals surface area contributed by atoms with E-state index in [1.807, 2.05) is 66.7 Å². The number of carbonyl (C=O) groups is 1. The molecule has 2 aromatic carbocycles. The number of allylic oxidation sites excluding steroid dienone is 1. The number of rotatable bonds is 5. The third kappa shape index (κ3) is 2.45. The second-order valence-corrected chi connectivity index (χ2v) is 5.73. The van der Waals surface area contributed by atoms with Crippen LogP contribution in [0.1, 0.15) is 30.4 Å². The van der Waals surface area contributed by atoms with Crippen molar-refractivity contribution in [1.29, 1.82) is 0 Å². The van der Waals surface area contributed by atoms with Crippen LogP contribution in [-0.2, 0) is 14.9 Å². The summed E-state index contributed by atoms with van der Waals surface area (Å²) < 4.78 is 5.70. The SMILES string of the molecule is C=CCCC1CC(c2ccccc2)(c2ccccc2)C(=O)O1. The minimum absolute atomic E-state index is 0.0501. The van der Waals surface area contributed by atoms with Crippen LogP contribution in [-0.4, -0.2) is 12.1 Å². The molecule has 2 aromatic rings. The van der Waals surface area contributed by atoms with Gasteiger partial charge in [0.1, 0.15) is 11.5 Å². The summed E-state index contributed by atoms with van der Waals surface area (Å²) in [7, 11) is 0. The molecule has 0 N–H and O–H groups in total. The zero-order chi connectivity index (χ0) is 15.4. The number of cyclic esters (lactones) is 1. The van der Waals surface area contributed by atoms with Gasteiger partial charge in [-0.05, 0) is 24.0 Å². The van der Waals surface area contributed by atoms with Gasteiger partial charge in [0.05, 0.1) is 0 Å². The molecular weight excluding hydrogens is 272 g/mol. The molecule has 3 rings (SSSR count). The second kappa shape index (κ2) is 6.18. The number of ether oxygens (including phenoxy) is 1. The molecule has 1 aliphatic rings. The van der Waals surface area contributed by atoms with Crippen molar-refractivity contribution in [2.75, 3.05) is 0 Å². The molecule has 0 amide bonds. The van der Waals surface area contributed by atoms with Crippen LogP contribution in [0.3, 0.4) is 0 Å². The van der Waals surface area contributed by atoms with Crippen LogP contribution >= 0.6 is 0 Å². The Labute approximate surface area is 131 Å². The van der Waals surface area contributed by atoms with Gasteiger partial charge in [-0.25, -0.2) is 0 Å². The predicted octanol–water partition coefficient (Wildman–Crippen LogP) is 4.25. The van der Waals surface area contributed by atoms with Gasteiger partial charge in [0.2, 0.25) is 0 Å². The Balaban J connectivity index is 2.05. The highest BCUT2D eigenvalue weighted by Crippen LogP contribution is 2.44. The van der Waals surface area contributed by atoms with Crippen LogP contribution < -0.4 is 0 Å². The summed E-state index contributed by atoms with van der Waals surface area (Å²) in [4.78, 5) is 12.8. The van der Waals surface area contributed by atoms with Gasteiger partial charge >= 0.3 is 5.97 Å². The normalized spacial score (nSPS) is 19.6. The highest BCUT2D eigenvalue weighted by atomic mass is 16.6. The molecule has 0 saturated carbocycles. The van der Waals surface area contributed by atoms with E-state index >= 15 is 0 Å². The van der Waals surface area contributed by atoms with E-state index in [9.17, 15) is 4.79 Å². The standard InChI is InChI=1S/C20H20O2/c1-2-3-14-18-15-20(19(21)22-18,16-10-6-4-7-11-16)17-12-8-5-9-13-17/h2,4-13,18H,1,3,14-15H2. The van der Waals surface area contributed by atoms with Crippen molar-refractivity contribution in [3.05, 3.63) is 84.4 Å². The average molecular weight is 292 g/mol. The Hall–Kier alpha value is -2.35. The Morgan fingerprint density at radius 1 is 1.05 bits per heavy atom. The fraction of sp³-hybridized carbons (Fsp3) is 0.250. The Bertz CT molecular complexity index is 606. The van der Waals surface area contributed by atoms with Gasteiger partial charge in [0.15, 0.2) is 0 Å². The van der Waals surface area contributed by atoms with Gasteiger partial charge in [0, 0.05) is 6.42 Å². The molecule has 1 atom stereocenters. The van der Waals surface area contributed by atoms with Crippen molar-refractivity contribution in [2.24, 2.45) is 0 Å². The van der Waals surface area contributed by atoms with E-state index in [0.29, 0.717) is 6.42 Å². The van der Waals surface area contributed by atoms with Gasteiger partial charge < -0.3 is 4.74 Å². The van der Waals surface area contributed by atoms with E-state index in [1.165, 1.54) is 0 Å². The van der Waals surface area contributed by atoms with Crippen LogP contribution in [0.5, 0.6) is 0 Å². The summed E-state index contributed by atoms with van der Waals surface area (Å²) in [6.07, 6.45) is 4.20. The lowest BCUT2D eigenvalue weighted by molar-refractivity contribution is -0.144. The largest absolute Gasteiger partial charge is 0.461 e. The van der Waals surface area contributed by atoms with Gasteiger partial charge in [-0.1, -0.05) is 66.7 Å². The molecule has 0 bridgehead atoms. The number of hydrogen-bond acceptors (Lipinski definition) is 2. The minimum atomic E-state index is -0.686. The van der Waals surface area contributed by atoms with E-state index in [-0.39, 0.29) is 12.1 Å². The van der Waals surface area contributed by atoms with Crippen molar-refractivity contribution in [3.63, 3.8) is 0 Å². The van der Waals surface area contributed by atoms with Crippen molar-refractivity contribution < 1.29 is 9.53 Å². The van der Waals surface area contributed by atoms with Gasteiger partial charge in [-0.15, -0.1) is 6.58 Å². The molecule has 0 radical (unpaired) electrons. The monoisotopic (exact) mass is 292 g/mol. The number of hydrogen-bond donors (Lipinski definition) is 0. The van der Waals surface area contributed by atoms with Crippen molar-refractivity contribution >= 4 is 5.97 Å². The molecule has 2 heteroatoms. The first kappa shape index (κ1) is 14.6. The first-order chi connectivity index (χ1) is 10.8. The third-order valence-electron chi connectivity index (χ3n) is 4.38. The fourth-order valence-corrected chi connectivity index (χ4v) is 3.27. The average Bonchev–Trinajstić information content (AvgIpc) is 2.92. The molecule has 1 saturated heterocycles. The Morgan fingerprint density at radius 3 is 2.09 bits per heavy atom. The molecule has 0 aromatic heterocycles. The zero-order valence-corrected chi connectivity index (χ0v) is 12.6. The number of carbonyl (C=O) groups excluding carboxylic acids is 1. The zero-order valence-electron chi connectivity index (χ0n) is 12.6. The number of benzene rings is 2. The molecule has 1 fully saturated rings. The minimum Gasteiger partial charge on any atom is -0.461 e. The maximum atomic E-state index is 12.8. The maximum Gasteiger partial charge on any atom is 0.321 e. The lowest BCUT2D eigenvalue weighted by atomic mass is 9.72. The molecule has 0 spiro atoms. The van der Waals surface area contributed by atoms with Crippen LogP contribution in [0.2, 0.25) is 0 Å². The lowest BCUT2D eigenvalue weighted by Gasteiger charge is -2.26. The third-order valence-corrected chi connectivity index (χ3v) is 4.38. The van der Waals surface area contributed by atoms with Crippen molar-refractivity contribution in [3.8, 4) is 0 Å². The topological polar surface area (TPSA) is 26.3 Å².